The van der Waals surface area contributed by atoms with Crippen molar-refractivity contribution in [3.63, 3.8) is 0 Å². The Morgan fingerprint density at radius 2 is 1.91 bits per heavy atom. The largest absolute Gasteiger partial charge is 0.451 e. The van der Waals surface area contributed by atoms with Crippen molar-refractivity contribution in [3.05, 3.63) is 11.6 Å². The molecule has 0 bridgehead atoms. The van der Waals surface area contributed by atoms with Crippen LogP contribution in [0.2, 0.25) is 0 Å². The number of carbonyl (C=O) groups excluding carboxylic acids is 3. The molecule has 0 spiro atoms. The Hall–Kier alpha value is -3.06. The van der Waals surface area contributed by atoms with Crippen molar-refractivity contribution in [2.75, 3.05) is 26.2 Å². The molecule has 178 valence electrons. The summed E-state index contributed by atoms with van der Waals surface area (Å²) < 4.78 is 50.1. The second-order valence-corrected chi connectivity index (χ2v) is 8.51. The van der Waals surface area contributed by atoms with Gasteiger partial charge in [0.05, 0.1) is 19.1 Å². The van der Waals surface area contributed by atoms with Crippen molar-refractivity contribution in [2.24, 2.45) is 0 Å². The first-order chi connectivity index (χ1) is 14.8. The monoisotopic (exact) mass is 462 g/mol. The van der Waals surface area contributed by atoms with Gasteiger partial charge in [-0.2, -0.15) is 13.2 Å². The van der Waals surface area contributed by atoms with Crippen LogP contribution >= 0.6 is 0 Å². The van der Waals surface area contributed by atoms with Crippen LogP contribution in [0.15, 0.2) is 0 Å². The van der Waals surface area contributed by atoms with Crippen LogP contribution in [0.1, 0.15) is 38.8 Å². The van der Waals surface area contributed by atoms with E-state index in [2.05, 4.69) is 15.5 Å². The quantitative estimate of drug-likeness (QED) is 0.702. The number of alkyl carbamates (subject to hydrolysis) is 1. The third-order valence-electron chi connectivity index (χ3n) is 4.79. The van der Waals surface area contributed by atoms with Gasteiger partial charge in [0.25, 0.3) is 0 Å². The summed E-state index contributed by atoms with van der Waals surface area (Å²) in [6.07, 6.45) is -6.14. The Bertz CT molecular complexity index is 881. The second-order valence-electron chi connectivity index (χ2n) is 8.51. The topological polar surface area (TPSA) is 119 Å². The number of ether oxygens (including phenoxy) is 2. The summed E-state index contributed by atoms with van der Waals surface area (Å²) in [6, 6.07) is -0.784. The van der Waals surface area contributed by atoms with Gasteiger partial charge in [0.15, 0.2) is 5.82 Å². The minimum absolute atomic E-state index is 0.0199. The average molecular weight is 462 g/mol. The molecule has 0 saturated carbocycles. The van der Waals surface area contributed by atoms with Gasteiger partial charge in [-0.3, -0.25) is 4.79 Å². The Kier molecular flexibility index (Phi) is 6.51. The summed E-state index contributed by atoms with van der Waals surface area (Å²) in [6.45, 7) is 5.36. The third kappa shape index (κ3) is 5.79. The van der Waals surface area contributed by atoms with E-state index < -0.39 is 41.7 Å². The molecule has 1 aromatic rings. The van der Waals surface area contributed by atoms with E-state index in [-0.39, 0.29) is 45.0 Å². The lowest BCUT2D eigenvalue weighted by Crippen LogP contribution is -2.49. The minimum Gasteiger partial charge on any atom is -0.448 e. The number of alkyl halides is 3. The van der Waals surface area contributed by atoms with Crippen molar-refractivity contribution in [1.29, 1.82) is 0 Å². The number of hydrogen-bond donors (Lipinski definition) is 1. The lowest BCUT2D eigenvalue weighted by Gasteiger charge is -2.30. The lowest BCUT2D eigenvalue weighted by atomic mass is 10.1. The van der Waals surface area contributed by atoms with Gasteiger partial charge in [0, 0.05) is 26.1 Å². The van der Waals surface area contributed by atoms with E-state index in [0.717, 1.165) is 4.57 Å². The van der Waals surface area contributed by atoms with Crippen molar-refractivity contribution >= 4 is 18.1 Å². The molecule has 2 aliphatic heterocycles. The van der Waals surface area contributed by atoms with Crippen LogP contribution in [-0.2, 0) is 33.5 Å². The molecule has 0 aliphatic carbocycles. The molecule has 11 nitrogen and oxygen atoms in total. The molecule has 1 unspecified atom stereocenters. The summed E-state index contributed by atoms with van der Waals surface area (Å²) in [7, 11) is 0. The smallest absolute Gasteiger partial charge is 0.448 e. The first kappa shape index (κ1) is 23.6. The van der Waals surface area contributed by atoms with E-state index in [4.69, 9.17) is 9.47 Å². The van der Waals surface area contributed by atoms with Crippen LogP contribution in [-0.4, -0.2) is 80.5 Å². The number of fused-ring (bicyclic) bond motifs is 1. The molecule has 1 saturated heterocycles. The van der Waals surface area contributed by atoms with Gasteiger partial charge in [-0.05, 0) is 20.8 Å². The van der Waals surface area contributed by atoms with Crippen molar-refractivity contribution in [1.82, 2.24) is 29.9 Å². The maximum Gasteiger partial charge on any atom is 0.451 e. The molecule has 1 fully saturated rings. The predicted octanol–water partition coefficient (Wildman–Crippen LogP) is 1.37. The first-order valence-electron chi connectivity index (χ1n) is 10.0. The molecule has 2 aliphatic rings. The molecule has 14 heteroatoms. The maximum atomic E-state index is 13.0. The van der Waals surface area contributed by atoms with Gasteiger partial charge in [0.2, 0.25) is 11.7 Å². The van der Waals surface area contributed by atoms with Crippen molar-refractivity contribution < 1.29 is 37.0 Å². The van der Waals surface area contributed by atoms with E-state index in [0.29, 0.717) is 6.54 Å². The number of cyclic esters (lactones) is 1. The fraction of sp³-hybridized carbons (Fsp3) is 0.722. The van der Waals surface area contributed by atoms with E-state index in [9.17, 15) is 27.6 Å². The highest BCUT2D eigenvalue weighted by Gasteiger charge is 2.40. The van der Waals surface area contributed by atoms with Crippen LogP contribution in [0.4, 0.5) is 22.8 Å². The fourth-order valence-electron chi connectivity index (χ4n) is 3.41. The SMILES string of the molecule is CC(C)(C)OC(=O)NC(CC(=O)N1CCn2c(nnc2C(F)(F)F)C1)CN1CCOC1=O. The van der Waals surface area contributed by atoms with Crippen LogP contribution in [0.3, 0.4) is 0 Å². The molecule has 0 radical (unpaired) electrons. The maximum absolute atomic E-state index is 13.0. The van der Waals surface area contributed by atoms with Crippen molar-refractivity contribution in [2.45, 2.75) is 58.1 Å². The normalized spacial score (nSPS) is 17.6. The number of carbonyl (C=O) groups is 3. The Morgan fingerprint density at radius 1 is 1.19 bits per heavy atom. The number of halogens is 3. The molecule has 1 N–H and O–H groups in total. The van der Waals surface area contributed by atoms with Gasteiger partial charge in [0.1, 0.15) is 12.2 Å². The molecule has 0 aromatic carbocycles. The van der Waals surface area contributed by atoms with Crippen molar-refractivity contribution in [3.8, 4) is 0 Å². The van der Waals surface area contributed by atoms with Crippen LogP contribution in [0, 0.1) is 0 Å². The number of nitrogens with zero attached hydrogens (tertiary/aromatic N) is 5. The van der Waals surface area contributed by atoms with Gasteiger partial charge in [-0.25, -0.2) is 9.59 Å². The second kappa shape index (κ2) is 8.82. The van der Waals surface area contributed by atoms with E-state index in [1.807, 2.05) is 0 Å². The lowest BCUT2D eigenvalue weighted by molar-refractivity contribution is -0.148. The first-order valence-corrected chi connectivity index (χ1v) is 10.0. The average Bonchev–Trinajstić information content (AvgIpc) is 3.25. The molecule has 3 amide bonds. The van der Waals surface area contributed by atoms with E-state index >= 15 is 0 Å². The number of amides is 3. The number of hydrogen-bond acceptors (Lipinski definition) is 7. The number of aromatic nitrogens is 3. The molecule has 3 rings (SSSR count). The highest BCUT2D eigenvalue weighted by atomic mass is 19.4. The summed E-state index contributed by atoms with van der Waals surface area (Å²) in [4.78, 5) is 39.6. The number of rotatable bonds is 5. The van der Waals surface area contributed by atoms with Gasteiger partial charge < -0.3 is 29.2 Å². The summed E-state index contributed by atoms with van der Waals surface area (Å²) >= 11 is 0. The number of nitrogens with one attached hydrogen (secondary N) is 1. The standard InChI is InChI=1S/C18H25F3N6O5/c1-17(2,3)32-15(29)22-11(9-26-6-7-31-16(26)30)8-13(28)25-4-5-27-12(10-25)23-24-14(27)18(19,20)21/h11H,4-10H2,1-3H3,(H,22,29). The van der Waals surface area contributed by atoms with Gasteiger partial charge in [-0.1, -0.05) is 0 Å². The zero-order valence-corrected chi connectivity index (χ0v) is 17.9. The Balaban J connectivity index is 1.67. The summed E-state index contributed by atoms with van der Waals surface area (Å²) in [5.41, 5.74) is -0.766. The molecule has 1 aromatic heterocycles. The Morgan fingerprint density at radius 3 is 2.50 bits per heavy atom. The fourth-order valence-corrected chi connectivity index (χ4v) is 3.41. The van der Waals surface area contributed by atoms with Crippen LogP contribution < -0.4 is 5.32 Å². The van der Waals surface area contributed by atoms with E-state index in [1.165, 1.54) is 9.80 Å². The molecular formula is C18H25F3N6O5. The molecule has 3 heterocycles. The molecular weight excluding hydrogens is 437 g/mol. The van der Waals surface area contributed by atoms with Gasteiger partial charge in [-0.15, -0.1) is 10.2 Å². The molecule has 32 heavy (non-hydrogen) atoms. The summed E-state index contributed by atoms with van der Waals surface area (Å²) in [5.74, 6) is -1.49. The van der Waals surface area contributed by atoms with Crippen LogP contribution in [0.5, 0.6) is 0 Å². The highest BCUT2D eigenvalue weighted by molar-refractivity contribution is 5.78. The minimum atomic E-state index is -4.63. The van der Waals surface area contributed by atoms with Gasteiger partial charge >= 0.3 is 18.4 Å². The zero-order chi connectivity index (χ0) is 23.7. The van der Waals surface area contributed by atoms with Crippen LogP contribution in [0.25, 0.3) is 0 Å². The Labute approximate surface area is 181 Å². The highest BCUT2D eigenvalue weighted by Crippen LogP contribution is 2.29. The molecule has 1 atom stereocenters. The third-order valence-corrected chi connectivity index (χ3v) is 4.79. The van der Waals surface area contributed by atoms with E-state index in [1.54, 1.807) is 20.8 Å². The summed E-state index contributed by atoms with van der Waals surface area (Å²) in [5, 5.41) is 9.34. The zero-order valence-electron chi connectivity index (χ0n) is 17.9. The predicted molar refractivity (Wildman–Crippen MR) is 101 cm³/mol.